The number of non-ortho nitro benzene ring substituents is 1. The van der Waals surface area contributed by atoms with Gasteiger partial charge in [-0.25, -0.2) is 0 Å². The minimum Gasteiger partial charge on any atom is -0.329 e. The van der Waals surface area contributed by atoms with E-state index in [4.69, 9.17) is 23.2 Å². The molecular weight excluding hydrogens is 369 g/mol. The number of pyridine rings is 1. The van der Waals surface area contributed by atoms with Crippen LogP contribution in [-0.2, 0) is 0 Å². The molecule has 0 spiro atoms. The largest absolute Gasteiger partial charge is 0.329 e. The van der Waals surface area contributed by atoms with E-state index < -0.39 is 10.8 Å². The molecular formula is C16H9Cl2N3O4. The lowest BCUT2D eigenvalue weighted by atomic mass is 10.1. The van der Waals surface area contributed by atoms with Crippen molar-refractivity contribution >= 4 is 51.3 Å². The van der Waals surface area contributed by atoms with Crippen LogP contribution in [0.3, 0.4) is 0 Å². The maximum absolute atomic E-state index is 12.4. The average molecular weight is 378 g/mol. The molecule has 7 nitrogen and oxygen atoms in total. The number of carbonyl (C=O) groups is 1. The van der Waals surface area contributed by atoms with Crippen LogP contribution >= 0.6 is 23.2 Å². The Hall–Kier alpha value is -2.90. The first-order valence-electron chi connectivity index (χ1n) is 6.93. The molecule has 0 unspecified atom stereocenters. The number of benzene rings is 2. The lowest BCUT2D eigenvalue weighted by molar-refractivity contribution is -0.384. The van der Waals surface area contributed by atoms with Gasteiger partial charge in [0, 0.05) is 23.7 Å². The minimum atomic E-state index is -0.653. The molecule has 1 aromatic heterocycles. The van der Waals surface area contributed by atoms with Crippen molar-refractivity contribution < 1.29 is 9.72 Å². The van der Waals surface area contributed by atoms with Crippen LogP contribution in [0.1, 0.15) is 10.4 Å². The molecule has 9 heteroatoms. The normalized spacial score (nSPS) is 10.6. The van der Waals surface area contributed by atoms with E-state index in [2.05, 4.69) is 10.3 Å². The summed E-state index contributed by atoms with van der Waals surface area (Å²) in [7, 11) is 0. The number of rotatable bonds is 3. The maximum atomic E-state index is 12.4. The maximum Gasteiger partial charge on any atom is 0.270 e. The fourth-order valence-electron chi connectivity index (χ4n) is 2.30. The van der Waals surface area contributed by atoms with Crippen molar-refractivity contribution in [3.05, 3.63) is 78.7 Å². The second-order valence-electron chi connectivity index (χ2n) is 5.10. The van der Waals surface area contributed by atoms with Gasteiger partial charge < -0.3 is 10.3 Å². The van der Waals surface area contributed by atoms with Crippen LogP contribution in [0.25, 0.3) is 10.8 Å². The van der Waals surface area contributed by atoms with Crippen LogP contribution < -0.4 is 10.9 Å². The smallest absolute Gasteiger partial charge is 0.270 e. The molecule has 2 N–H and O–H groups in total. The van der Waals surface area contributed by atoms with Crippen LogP contribution in [0, 0.1) is 10.1 Å². The lowest BCUT2D eigenvalue weighted by Crippen LogP contribution is -2.13. The van der Waals surface area contributed by atoms with Crippen LogP contribution in [0.2, 0.25) is 10.0 Å². The number of anilines is 1. The molecule has 0 saturated carbocycles. The summed E-state index contributed by atoms with van der Waals surface area (Å²) in [6.07, 6.45) is 1.47. The van der Waals surface area contributed by atoms with Crippen molar-refractivity contribution in [3.63, 3.8) is 0 Å². The van der Waals surface area contributed by atoms with Gasteiger partial charge in [0.25, 0.3) is 17.2 Å². The standard InChI is InChI=1S/C16H9Cl2N3O4/c17-12-2-1-9(21(24)25)6-11(12)16(23)20-14-5-8-3-4-19-15(22)10(8)7-13(14)18/h1-7H,(H,19,22)(H,20,23). The molecule has 1 amide bonds. The number of nitrogens with one attached hydrogen (secondary N) is 2. The van der Waals surface area contributed by atoms with E-state index in [1.807, 2.05) is 0 Å². The third kappa shape index (κ3) is 3.33. The van der Waals surface area contributed by atoms with Gasteiger partial charge in [0.2, 0.25) is 0 Å². The van der Waals surface area contributed by atoms with Crippen LogP contribution in [0.4, 0.5) is 11.4 Å². The zero-order valence-corrected chi connectivity index (χ0v) is 13.9. The van der Waals surface area contributed by atoms with E-state index in [-0.39, 0.29) is 32.5 Å². The number of amides is 1. The summed E-state index contributed by atoms with van der Waals surface area (Å²) < 4.78 is 0. The Labute approximate surface area is 150 Å². The van der Waals surface area contributed by atoms with Crippen LogP contribution in [0.15, 0.2) is 47.4 Å². The first kappa shape index (κ1) is 16.9. The molecule has 3 rings (SSSR count). The Morgan fingerprint density at radius 2 is 1.88 bits per heavy atom. The number of carbonyl (C=O) groups excluding carboxylic acids is 1. The molecule has 25 heavy (non-hydrogen) atoms. The molecule has 0 saturated heterocycles. The predicted molar refractivity (Wildman–Crippen MR) is 95.6 cm³/mol. The van der Waals surface area contributed by atoms with Gasteiger partial charge in [0.1, 0.15) is 0 Å². The van der Waals surface area contributed by atoms with E-state index >= 15 is 0 Å². The summed E-state index contributed by atoms with van der Waals surface area (Å²) in [5.41, 5.74) is -0.366. The molecule has 0 aliphatic rings. The quantitative estimate of drug-likeness (QED) is 0.531. The van der Waals surface area contributed by atoms with Gasteiger partial charge in [-0.05, 0) is 29.7 Å². The van der Waals surface area contributed by atoms with Gasteiger partial charge in [-0.15, -0.1) is 0 Å². The zero-order valence-electron chi connectivity index (χ0n) is 12.4. The van der Waals surface area contributed by atoms with Crippen molar-refractivity contribution in [2.75, 3.05) is 5.32 Å². The van der Waals surface area contributed by atoms with Gasteiger partial charge in [0.05, 0.1) is 26.2 Å². The monoisotopic (exact) mass is 377 g/mol. The first-order valence-corrected chi connectivity index (χ1v) is 7.68. The number of halogens is 2. The Kier molecular flexibility index (Phi) is 4.43. The summed E-state index contributed by atoms with van der Waals surface area (Å²) in [6, 6.07) is 8.18. The molecule has 0 aliphatic heterocycles. The molecule has 0 bridgehead atoms. The minimum absolute atomic E-state index is 0.0575. The highest BCUT2D eigenvalue weighted by Gasteiger charge is 2.17. The Morgan fingerprint density at radius 1 is 1.12 bits per heavy atom. The highest BCUT2D eigenvalue weighted by molar-refractivity contribution is 6.36. The van der Waals surface area contributed by atoms with E-state index in [1.54, 1.807) is 6.07 Å². The molecule has 2 aromatic carbocycles. The number of hydrogen-bond donors (Lipinski definition) is 2. The molecule has 3 aromatic rings. The van der Waals surface area contributed by atoms with Gasteiger partial charge >= 0.3 is 0 Å². The summed E-state index contributed by atoms with van der Waals surface area (Å²) >= 11 is 12.1. The Morgan fingerprint density at radius 3 is 2.60 bits per heavy atom. The molecule has 1 heterocycles. The number of aromatic amines is 1. The number of nitrogens with zero attached hydrogens (tertiary/aromatic N) is 1. The second kappa shape index (κ2) is 6.54. The molecule has 0 atom stereocenters. The zero-order chi connectivity index (χ0) is 18.1. The topological polar surface area (TPSA) is 105 Å². The highest BCUT2D eigenvalue weighted by Crippen LogP contribution is 2.28. The van der Waals surface area contributed by atoms with E-state index in [1.165, 1.54) is 30.5 Å². The predicted octanol–water partition coefficient (Wildman–Crippen LogP) is 4.00. The highest BCUT2D eigenvalue weighted by atomic mass is 35.5. The van der Waals surface area contributed by atoms with Gasteiger partial charge in [-0.3, -0.25) is 19.7 Å². The third-order valence-corrected chi connectivity index (χ3v) is 4.16. The number of fused-ring (bicyclic) bond motifs is 1. The van der Waals surface area contributed by atoms with Gasteiger partial charge in [-0.1, -0.05) is 23.2 Å². The van der Waals surface area contributed by atoms with E-state index in [0.717, 1.165) is 6.07 Å². The summed E-state index contributed by atoms with van der Waals surface area (Å²) in [5, 5.41) is 14.6. The summed E-state index contributed by atoms with van der Waals surface area (Å²) in [4.78, 5) is 36.9. The molecule has 0 radical (unpaired) electrons. The first-order chi connectivity index (χ1) is 11.9. The average Bonchev–Trinajstić information content (AvgIpc) is 2.56. The fraction of sp³-hybridized carbons (Fsp3) is 0. The Balaban J connectivity index is 2.00. The number of H-pyrrole nitrogens is 1. The third-order valence-electron chi connectivity index (χ3n) is 3.51. The second-order valence-corrected chi connectivity index (χ2v) is 5.92. The summed E-state index contributed by atoms with van der Waals surface area (Å²) in [5.74, 6) is -0.653. The van der Waals surface area contributed by atoms with Crippen molar-refractivity contribution in [1.82, 2.24) is 4.98 Å². The molecule has 126 valence electrons. The van der Waals surface area contributed by atoms with Crippen molar-refractivity contribution in [2.45, 2.75) is 0 Å². The van der Waals surface area contributed by atoms with Gasteiger partial charge in [-0.2, -0.15) is 0 Å². The number of hydrogen-bond acceptors (Lipinski definition) is 4. The van der Waals surface area contributed by atoms with E-state index in [0.29, 0.717) is 10.8 Å². The molecule has 0 fully saturated rings. The van der Waals surface area contributed by atoms with Crippen LogP contribution in [0.5, 0.6) is 0 Å². The van der Waals surface area contributed by atoms with Crippen molar-refractivity contribution in [2.24, 2.45) is 0 Å². The lowest BCUT2D eigenvalue weighted by Gasteiger charge is -2.10. The van der Waals surface area contributed by atoms with Crippen LogP contribution in [-0.4, -0.2) is 15.8 Å². The number of nitro groups is 1. The van der Waals surface area contributed by atoms with Crippen molar-refractivity contribution in [1.29, 1.82) is 0 Å². The molecule has 0 aliphatic carbocycles. The van der Waals surface area contributed by atoms with Crippen molar-refractivity contribution in [3.8, 4) is 0 Å². The van der Waals surface area contributed by atoms with E-state index in [9.17, 15) is 19.7 Å². The Bertz CT molecular complexity index is 1080. The number of nitro benzene ring substituents is 1. The van der Waals surface area contributed by atoms with Gasteiger partial charge in [0.15, 0.2) is 0 Å². The SMILES string of the molecule is O=C(Nc1cc2cc[nH]c(=O)c2cc1Cl)c1cc([N+](=O)[O-])ccc1Cl. The number of aromatic nitrogens is 1. The summed E-state index contributed by atoms with van der Waals surface area (Å²) in [6.45, 7) is 0. The fourth-order valence-corrected chi connectivity index (χ4v) is 2.71.